The lowest BCUT2D eigenvalue weighted by Gasteiger charge is -2.31. The summed E-state index contributed by atoms with van der Waals surface area (Å²) in [5.41, 5.74) is -0.0650. The Bertz CT molecular complexity index is 770. The Morgan fingerprint density at radius 2 is 2.22 bits per heavy atom. The van der Waals surface area contributed by atoms with Crippen molar-refractivity contribution in [3.05, 3.63) is 29.1 Å². The number of nitrogens with zero attached hydrogens (tertiary/aromatic N) is 2. The zero-order valence-electron chi connectivity index (χ0n) is 12.6. The van der Waals surface area contributed by atoms with Crippen LogP contribution >= 0.6 is 0 Å². The van der Waals surface area contributed by atoms with Gasteiger partial charge in [0, 0.05) is 19.5 Å². The monoisotopic (exact) mass is 340 g/mol. The Balaban J connectivity index is 2.39. The smallest absolute Gasteiger partial charge is 0.303 e. The van der Waals surface area contributed by atoms with E-state index in [0.717, 1.165) is 12.1 Å². The number of benzene rings is 1. The first-order valence-electron chi connectivity index (χ1n) is 7.18. The number of aliphatic carboxylic acids is 1. The Hall–Kier alpha value is -1.98. The third-order valence-electron chi connectivity index (χ3n) is 3.90. The van der Waals surface area contributed by atoms with Gasteiger partial charge in [0.15, 0.2) is 0 Å². The number of carboxylic acids is 1. The molecule has 0 amide bonds. The summed E-state index contributed by atoms with van der Waals surface area (Å²) in [7, 11) is -3.97. The van der Waals surface area contributed by atoms with Crippen LogP contribution < -0.4 is 0 Å². The van der Waals surface area contributed by atoms with E-state index >= 15 is 0 Å². The van der Waals surface area contributed by atoms with Gasteiger partial charge in [0.25, 0.3) is 0 Å². The summed E-state index contributed by atoms with van der Waals surface area (Å²) >= 11 is 0. The molecular weight excluding hydrogens is 323 g/mol. The quantitative estimate of drug-likeness (QED) is 0.902. The number of nitriles is 1. The van der Waals surface area contributed by atoms with Gasteiger partial charge in [-0.2, -0.15) is 9.57 Å². The highest BCUT2D eigenvalue weighted by atomic mass is 32.2. The maximum atomic E-state index is 13.4. The highest BCUT2D eigenvalue weighted by Gasteiger charge is 2.33. The molecule has 1 aromatic carbocycles. The van der Waals surface area contributed by atoms with Crippen LogP contribution in [0.2, 0.25) is 0 Å². The molecule has 8 heteroatoms. The maximum Gasteiger partial charge on any atom is 0.303 e. The first-order valence-corrected chi connectivity index (χ1v) is 8.62. The van der Waals surface area contributed by atoms with Gasteiger partial charge < -0.3 is 5.11 Å². The van der Waals surface area contributed by atoms with Crippen molar-refractivity contribution in [2.24, 2.45) is 5.92 Å². The molecule has 1 aromatic rings. The summed E-state index contributed by atoms with van der Waals surface area (Å²) in [5, 5.41) is 18.0. The van der Waals surface area contributed by atoms with Crippen LogP contribution in [0, 0.1) is 30.0 Å². The van der Waals surface area contributed by atoms with E-state index in [9.17, 15) is 17.6 Å². The average molecular weight is 340 g/mol. The molecule has 1 aliphatic heterocycles. The van der Waals surface area contributed by atoms with Gasteiger partial charge in [0.2, 0.25) is 10.0 Å². The Labute approximate surface area is 134 Å². The van der Waals surface area contributed by atoms with Crippen LogP contribution in [0.5, 0.6) is 0 Å². The minimum absolute atomic E-state index is 0.0936. The van der Waals surface area contributed by atoms with Crippen molar-refractivity contribution in [1.82, 2.24) is 4.31 Å². The van der Waals surface area contributed by atoms with E-state index in [1.165, 1.54) is 11.2 Å². The topological polar surface area (TPSA) is 98.5 Å². The van der Waals surface area contributed by atoms with Crippen LogP contribution in [0.15, 0.2) is 17.0 Å². The van der Waals surface area contributed by atoms with Gasteiger partial charge in [0.05, 0.1) is 5.56 Å². The molecule has 1 saturated heterocycles. The van der Waals surface area contributed by atoms with Crippen molar-refractivity contribution in [3.63, 3.8) is 0 Å². The Morgan fingerprint density at radius 1 is 1.52 bits per heavy atom. The molecule has 124 valence electrons. The largest absolute Gasteiger partial charge is 0.481 e. The van der Waals surface area contributed by atoms with Crippen molar-refractivity contribution in [1.29, 1.82) is 5.26 Å². The van der Waals surface area contributed by atoms with Crippen molar-refractivity contribution in [2.45, 2.75) is 31.1 Å². The molecule has 0 bridgehead atoms. The summed E-state index contributed by atoms with van der Waals surface area (Å²) < 4.78 is 40.3. The number of carboxylic acid groups (broad SMARTS) is 1. The second kappa shape index (κ2) is 6.64. The van der Waals surface area contributed by atoms with E-state index in [1.807, 2.05) is 0 Å². The molecule has 1 heterocycles. The van der Waals surface area contributed by atoms with E-state index in [-0.39, 0.29) is 41.5 Å². The van der Waals surface area contributed by atoms with Crippen molar-refractivity contribution in [3.8, 4) is 6.07 Å². The highest BCUT2D eigenvalue weighted by molar-refractivity contribution is 7.89. The molecule has 0 aliphatic carbocycles. The molecule has 1 fully saturated rings. The molecule has 0 spiro atoms. The Morgan fingerprint density at radius 3 is 2.83 bits per heavy atom. The number of rotatable bonds is 4. The molecule has 0 saturated carbocycles. The number of aryl methyl sites for hydroxylation is 1. The fourth-order valence-electron chi connectivity index (χ4n) is 2.94. The SMILES string of the molecule is Cc1cc(F)cc(C#N)c1S(=O)(=O)N1CCCC(CC(=O)O)C1. The van der Waals surface area contributed by atoms with E-state index in [4.69, 9.17) is 10.4 Å². The summed E-state index contributed by atoms with van der Waals surface area (Å²) in [5.74, 6) is -1.90. The van der Waals surface area contributed by atoms with Crippen molar-refractivity contribution in [2.75, 3.05) is 13.1 Å². The Kier molecular flexibility index (Phi) is 5.02. The van der Waals surface area contributed by atoms with E-state index in [2.05, 4.69) is 0 Å². The van der Waals surface area contributed by atoms with Crippen LogP contribution in [-0.4, -0.2) is 36.9 Å². The molecular formula is C15H17FN2O4S. The second-order valence-electron chi connectivity index (χ2n) is 5.68. The minimum atomic E-state index is -3.97. The number of hydrogen-bond acceptors (Lipinski definition) is 4. The summed E-state index contributed by atoms with van der Waals surface area (Å²) in [6.45, 7) is 1.80. The number of halogens is 1. The minimum Gasteiger partial charge on any atom is -0.481 e. The van der Waals surface area contributed by atoms with Gasteiger partial charge in [-0.25, -0.2) is 12.8 Å². The van der Waals surface area contributed by atoms with E-state index < -0.39 is 21.8 Å². The lowest BCUT2D eigenvalue weighted by molar-refractivity contribution is -0.138. The van der Waals surface area contributed by atoms with Crippen molar-refractivity contribution < 1.29 is 22.7 Å². The number of piperidine rings is 1. The molecule has 1 unspecified atom stereocenters. The summed E-state index contributed by atoms with van der Waals surface area (Å²) in [4.78, 5) is 10.6. The lowest BCUT2D eigenvalue weighted by Crippen LogP contribution is -2.41. The second-order valence-corrected chi connectivity index (χ2v) is 7.56. The molecule has 0 radical (unpaired) electrons. The van der Waals surface area contributed by atoms with Crippen LogP contribution in [0.1, 0.15) is 30.4 Å². The van der Waals surface area contributed by atoms with Gasteiger partial charge in [0.1, 0.15) is 16.8 Å². The van der Waals surface area contributed by atoms with E-state index in [0.29, 0.717) is 12.8 Å². The standard InChI is InChI=1S/C15H17FN2O4S/c1-10-5-13(16)7-12(8-17)15(10)23(21,22)18-4-2-3-11(9-18)6-14(19)20/h5,7,11H,2-4,6,9H2,1H3,(H,19,20). The molecule has 23 heavy (non-hydrogen) atoms. The van der Waals surface area contributed by atoms with Gasteiger partial charge in [-0.3, -0.25) is 4.79 Å². The summed E-state index contributed by atoms with van der Waals surface area (Å²) in [6.07, 6.45) is 1.10. The van der Waals surface area contributed by atoms with Gasteiger partial charge in [-0.15, -0.1) is 0 Å². The predicted molar refractivity (Wildman–Crippen MR) is 79.6 cm³/mol. The maximum absolute atomic E-state index is 13.4. The molecule has 1 atom stereocenters. The predicted octanol–water partition coefficient (Wildman–Crippen LogP) is 1.88. The molecule has 2 rings (SSSR count). The normalized spacial score (nSPS) is 19.3. The lowest BCUT2D eigenvalue weighted by atomic mass is 9.96. The zero-order chi connectivity index (χ0) is 17.2. The fraction of sp³-hybridized carbons (Fsp3) is 0.467. The molecule has 1 N–H and O–H groups in total. The molecule has 0 aromatic heterocycles. The molecule has 1 aliphatic rings. The van der Waals surface area contributed by atoms with Crippen molar-refractivity contribution >= 4 is 16.0 Å². The summed E-state index contributed by atoms with van der Waals surface area (Å²) in [6, 6.07) is 3.70. The van der Waals surface area contributed by atoms with Gasteiger partial charge in [-0.1, -0.05) is 0 Å². The number of hydrogen-bond donors (Lipinski definition) is 1. The third-order valence-corrected chi connectivity index (χ3v) is 5.97. The molecule has 6 nitrogen and oxygen atoms in total. The van der Waals surface area contributed by atoms with Gasteiger partial charge >= 0.3 is 5.97 Å². The first-order chi connectivity index (χ1) is 10.8. The van der Waals surface area contributed by atoms with Crippen LogP contribution in [0.25, 0.3) is 0 Å². The number of carbonyl (C=O) groups is 1. The van der Waals surface area contributed by atoms with E-state index in [1.54, 1.807) is 6.07 Å². The van der Waals surface area contributed by atoms with Crippen LogP contribution in [-0.2, 0) is 14.8 Å². The first kappa shape index (κ1) is 17.4. The highest BCUT2D eigenvalue weighted by Crippen LogP contribution is 2.29. The van der Waals surface area contributed by atoms with Gasteiger partial charge in [-0.05, 0) is 43.4 Å². The zero-order valence-corrected chi connectivity index (χ0v) is 13.4. The average Bonchev–Trinajstić information content (AvgIpc) is 2.45. The van der Waals surface area contributed by atoms with Crippen LogP contribution in [0.4, 0.5) is 4.39 Å². The fourth-order valence-corrected chi connectivity index (χ4v) is 4.83. The number of sulfonamides is 1. The van der Waals surface area contributed by atoms with Crippen LogP contribution in [0.3, 0.4) is 0 Å². The third kappa shape index (κ3) is 3.68.